The molecule has 1 radical (unpaired) electrons. The quantitative estimate of drug-likeness (QED) is 0.627. The van der Waals surface area contributed by atoms with Crippen molar-refractivity contribution in [3.8, 4) is 5.88 Å². The number of nitrogens with zero attached hydrogens (tertiary/aromatic N) is 2. The highest BCUT2D eigenvalue weighted by molar-refractivity contribution is 5.06. The highest BCUT2D eigenvalue weighted by Crippen LogP contribution is 2.07. The topological polar surface area (TPSA) is 27.1 Å². The van der Waals surface area contributed by atoms with Crippen LogP contribution >= 0.6 is 0 Å². The van der Waals surface area contributed by atoms with E-state index in [0.29, 0.717) is 6.61 Å². The molecule has 0 unspecified atom stereocenters. The van der Waals surface area contributed by atoms with Gasteiger partial charge in [0.1, 0.15) is 6.20 Å². The van der Waals surface area contributed by atoms with Crippen molar-refractivity contribution in [1.82, 2.24) is 9.78 Å². The molecule has 1 heterocycles. The minimum absolute atomic E-state index is 0.680. The molecule has 0 saturated heterocycles. The largest absolute Gasteiger partial charge is 0.478 e. The van der Waals surface area contributed by atoms with Gasteiger partial charge < -0.3 is 4.74 Å². The van der Waals surface area contributed by atoms with Crippen LogP contribution in [-0.4, -0.2) is 16.4 Å². The predicted molar refractivity (Wildman–Crippen MR) is 37.9 cm³/mol. The summed E-state index contributed by atoms with van der Waals surface area (Å²) in [5, 5.41) is 3.92. The van der Waals surface area contributed by atoms with Crippen molar-refractivity contribution in [2.24, 2.45) is 0 Å². The molecule has 0 fully saturated rings. The van der Waals surface area contributed by atoms with Gasteiger partial charge in [-0.2, -0.15) is 5.10 Å². The lowest BCUT2D eigenvalue weighted by Gasteiger charge is -2.03. The van der Waals surface area contributed by atoms with Crippen molar-refractivity contribution in [1.29, 1.82) is 0 Å². The van der Waals surface area contributed by atoms with E-state index in [1.807, 2.05) is 13.8 Å². The first-order valence-corrected chi connectivity index (χ1v) is 3.45. The van der Waals surface area contributed by atoms with Crippen molar-refractivity contribution in [2.45, 2.75) is 20.4 Å². The van der Waals surface area contributed by atoms with Gasteiger partial charge in [0.25, 0.3) is 0 Å². The maximum atomic E-state index is 5.24. The van der Waals surface area contributed by atoms with E-state index in [1.165, 1.54) is 0 Å². The van der Waals surface area contributed by atoms with E-state index in [1.54, 1.807) is 10.7 Å². The second kappa shape index (κ2) is 3.25. The maximum absolute atomic E-state index is 5.24. The average Bonchev–Trinajstić information content (AvgIpc) is 2.36. The van der Waals surface area contributed by atoms with Crippen LogP contribution in [0.1, 0.15) is 13.8 Å². The first-order valence-electron chi connectivity index (χ1n) is 3.45. The van der Waals surface area contributed by atoms with Crippen LogP contribution in [0.4, 0.5) is 0 Å². The summed E-state index contributed by atoms with van der Waals surface area (Å²) in [4.78, 5) is 0. The number of hydrogen-bond donors (Lipinski definition) is 0. The van der Waals surface area contributed by atoms with Gasteiger partial charge in [-0.25, -0.2) is 4.68 Å². The molecule has 0 aliphatic heterocycles. The number of hydrogen-bond acceptors (Lipinski definition) is 2. The first kappa shape index (κ1) is 7.12. The third-order valence-electron chi connectivity index (χ3n) is 1.21. The van der Waals surface area contributed by atoms with Crippen molar-refractivity contribution in [3.05, 3.63) is 12.3 Å². The van der Waals surface area contributed by atoms with E-state index in [4.69, 9.17) is 4.74 Å². The Morgan fingerprint density at radius 3 is 3.10 bits per heavy atom. The van der Waals surface area contributed by atoms with Crippen molar-refractivity contribution in [2.75, 3.05) is 6.61 Å². The molecule has 3 heteroatoms. The Balaban J connectivity index is 2.70. The number of aryl methyl sites for hydroxylation is 1. The van der Waals surface area contributed by atoms with Crippen LogP contribution < -0.4 is 4.74 Å². The van der Waals surface area contributed by atoms with Gasteiger partial charge in [0.05, 0.1) is 6.61 Å². The molecule has 0 aromatic carbocycles. The molecule has 0 atom stereocenters. The molecular weight excluding hydrogens is 128 g/mol. The summed E-state index contributed by atoms with van der Waals surface area (Å²) in [6, 6.07) is 1.74. The molecule has 1 aromatic rings. The molecule has 1 rings (SSSR count). The van der Waals surface area contributed by atoms with Crippen LogP contribution in [0.25, 0.3) is 0 Å². The Labute approximate surface area is 60.6 Å². The van der Waals surface area contributed by atoms with Crippen molar-refractivity contribution >= 4 is 0 Å². The summed E-state index contributed by atoms with van der Waals surface area (Å²) in [6.07, 6.45) is 2.72. The highest BCUT2D eigenvalue weighted by Gasteiger charge is 1.98. The summed E-state index contributed by atoms with van der Waals surface area (Å²) in [6.45, 7) is 5.48. The first-order chi connectivity index (χ1) is 4.88. The van der Waals surface area contributed by atoms with Gasteiger partial charge in [0.15, 0.2) is 0 Å². The lowest BCUT2D eigenvalue weighted by atomic mass is 10.6. The third kappa shape index (κ3) is 1.29. The second-order valence-corrected chi connectivity index (χ2v) is 1.86. The number of ether oxygens (including phenoxy) is 1. The fourth-order valence-electron chi connectivity index (χ4n) is 0.768. The minimum Gasteiger partial charge on any atom is -0.478 e. The second-order valence-electron chi connectivity index (χ2n) is 1.86. The molecular formula is C7H11N2O. The molecule has 55 valence electrons. The Hall–Kier alpha value is -0.990. The van der Waals surface area contributed by atoms with Crippen LogP contribution in [0, 0.1) is 6.20 Å². The molecule has 1 aromatic heterocycles. The van der Waals surface area contributed by atoms with Gasteiger partial charge >= 0.3 is 0 Å². The fraction of sp³-hybridized carbons (Fsp3) is 0.571. The van der Waals surface area contributed by atoms with Gasteiger partial charge in [-0.05, 0) is 13.8 Å². The van der Waals surface area contributed by atoms with Crippen molar-refractivity contribution in [3.63, 3.8) is 0 Å². The molecule has 10 heavy (non-hydrogen) atoms. The molecule has 0 aliphatic carbocycles. The van der Waals surface area contributed by atoms with E-state index >= 15 is 0 Å². The lowest BCUT2D eigenvalue weighted by molar-refractivity contribution is 0.303. The van der Waals surface area contributed by atoms with Crippen LogP contribution in [0.5, 0.6) is 5.88 Å². The van der Waals surface area contributed by atoms with E-state index < -0.39 is 0 Å². The standard InChI is InChI=1S/C7H11N2O/c1-3-9-7(10-4-2)5-6-8-9/h5H,3-4H2,1-2H3. The molecule has 3 nitrogen and oxygen atoms in total. The van der Waals surface area contributed by atoms with E-state index in [9.17, 15) is 0 Å². The van der Waals surface area contributed by atoms with E-state index in [2.05, 4.69) is 11.3 Å². The van der Waals surface area contributed by atoms with Crippen molar-refractivity contribution < 1.29 is 4.74 Å². The summed E-state index contributed by atoms with van der Waals surface area (Å²) in [5.41, 5.74) is 0. The smallest absolute Gasteiger partial charge is 0.212 e. The van der Waals surface area contributed by atoms with Gasteiger partial charge in [0, 0.05) is 12.6 Å². The molecule has 0 aliphatic rings. The van der Waals surface area contributed by atoms with Gasteiger partial charge in [-0.15, -0.1) is 0 Å². The monoisotopic (exact) mass is 139 g/mol. The Bertz CT molecular complexity index is 195. The molecule has 0 bridgehead atoms. The Morgan fingerprint density at radius 2 is 2.50 bits per heavy atom. The number of rotatable bonds is 3. The van der Waals surface area contributed by atoms with Gasteiger partial charge in [-0.3, -0.25) is 0 Å². The summed E-state index contributed by atoms with van der Waals surface area (Å²) >= 11 is 0. The third-order valence-corrected chi connectivity index (χ3v) is 1.21. The lowest BCUT2D eigenvalue weighted by Crippen LogP contribution is -2.02. The molecule has 0 saturated carbocycles. The normalized spacial score (nSPS) is 9.80. The highest BCUT2D eigenvalue weighted by atomic mass is 16.5. The Kier molecular flexibility index (Phi) is 2.31. The van der Waals surface area contributed by atoms with Gasteiger partial charge in [0.2, 0.25) is 5.88 Å². The zero-order valence-corrected chi connectivity index (χ0v) is 6.29. The van der Waals surface area contributed by atoms with E-state index in [0.717, 1.165) is 12.4 Å². The van der Waals surface area contributed by atoms with Gasteiger partial charge in [-0.1, -0.05) is 0 Å². The summed E-state index contributed by atoms with van der Waals surface area (Å²) in [7, 11) is 0. The zero-order chi connectivity index (χ0) is 7.40. The molecule has 0 N–H and O–H groups in total. The predicted octanol–water partition coefficient (Wildman–Crippen LogP) is 1.10. The van der Waals surface area contributed by atoms with E-state index in [-0.39, 0.29) is 0 Å². The van der Waals surface area contributed by atoms with Crippen LogP contribution in [0.2, 0.25) is 0 Å². The SMILES string of the molecule is CCOc1c[c]nn1CC. The summed E-state index contributed by atoms with van der Waals surface area (Å²) in [5.74, 6) is 0.796. The molecule has 0 amide bonds. The number of aromatic nitrogens is 2. The Morgan fingerprint density at radius 1 is 1.70 bits per heavy atom. The molecule has 0 spiro atoms. The van der Waals surface area contributed by atoms with Crippen LogP contribution in [0.3, 0.4) is 0 Å². The van der Waals surface area contributed by atoms with Crippen LogP contribution in [-0.2, 0) is 6.54 Å². The fourth-order valence-corrected chi connectivity index (χ4v) is 0.768. The average molecular weight is 139 g/mol. The minimum atomic E-state index is 0.680. The maximum Gasteiger partial charge on any atom is 0.212 e. The zero-order valence-electron chi connectivity index (χ0n) is 6.29. The van der Waals surface area contributed by atoms with Crippen LogP contribution in [0.15, 0.2) is 6.07 Å². The summed E-state index contributed by atoms with van der Waals surface area (Å²) < 4.78 is 7.00.